The van der Waals surface area contributed by atoms with Crippen LogP contribution in [0.4, 0.5) is 0 Å². The molecule has 0 saturated heterocycles. The van der Waals surface area contributed by atoms with Gasteiger partial charge in [0.2, 0.25) is 10.0 Å². The van der Waals surface area contributed by atoms with E-state index in [1.165, 1.54) is 12.3 Å². The fourth-order valence-corrected chi connectivity index (χ4v) is 3.00. The van der Waals surface area contributed by atoms with Crippen molar-refractivity contribution in [3.63, 3.8) is 0 Å². The summed E-state index contributed by atoms with van der Waals surface area (Å²) in [6.07, 6.45) is 1.54. The zero-order chi connectivity index (χ0) is 12.7. The summed E-state index contributed by atoms with van der Waals surface area (Å²) < 4.78 is 31.9. The molecule has 1 heterocycles. The topological polar surface area (TPSA) is 59.3 Å². The number of hydrogen-bond acceptors (Lipinski definition) is 3. The molecule has 4 nitrogen and oxygen atoms in total. The van der Waals surface area contributed by atoms with Gasteiger partial charge in [-0.15, -0.1) is 0 Å². The average Bonchev–Trinajstić information content (AvgIpc) is 2.59. The van der Waals surface area contributed by atoms with E-state index in [-0.39, 0.29) is 4.90 Å². The van der Waals surface area contributed by atoms with Crippen LogP contribution in [0.1, 0.15) is 20.8 Å². The number of furan rings is 1. The lowest BCUT2D eigenvalue weighted by Crippen LogP contribution is -2.40. The second kappa shape index (κ2) is 3.85. The van der Waals surface area contributed by atoms with Gasteiger partial charge in [-0.2, -0.15) is 0 Å². The van der Waals surface area contributed by atoms with Crippen LogP contribution in [0.5, 0.6) is 0 Å². The van der Waals surface area contributed by atoms with Crippen LogP contribution in [0.2, 0.25) is 0 Å². The predicted octanol–water partition coefficient (Wildman–Crippen LogP) is 2.51. The zero-order valence-electron chi connectivity index (χ0n) is 10.0. The molecule has 5 heteroatoms. The summed E-state index contributed by atoms with van der Waals surface area (Å²) in [4.78, 5) is 0.217. The smallest absolute Gasteiger partial charge is 0.241 e. The SMILES string of the molecule is CC(C)(C)NS(=O)(=O)c1ccc2ccoc2c1. The van der Waals surface area contributed by atoms with E-state index >= 15 is 0 Å². The van der Waals surface area contributed by atoms with E-state index in [4.69, 9.17) is 4.42 Å². The molecule has 0 radical (unpaired) electrons. The van der Waals surface area contributed by atoms with E-state index in [1.54, 1.807) is 39.0 Å². The standard InChI is InChI=1S/C12H15NO3S/c1-12(2,3)13-17(14,15)10-5-4-9-6-7-16-11(9)8-10/h4-8,13H,1-3H3. The molecule has 0 fully saturated rings. The molecule has 0 saturated carbocycles. The van der Waals surface area contributed by atoms with Crippen LogP contribution in [0.3, 0.4) is 0 Å². The van der Waals surface area contributed by atoms with Crippen LogP contribution in [0.25, 0.3) is 11.0 Å². The Morgan fingerprint density at radius 1 is 1.18 bits per heavy atom. The summed E-state index contributed by atoms with van der Waals surface area (Å²) in [5, 5.41) is 0.889. The lowest BCUT2D eigenvalue weighted by Gasteiger charge is -2.20. The molecule has 92 valence electrons. The first-order valence-corrected chi connectivity index (χ1v) is 6.77. The quantitative estimate of drug-likeness (QED) is 0.894. The summed E-state index contributed by atoms with van der Waals surface area (Å²) >= 11 is 0. The number of nitrogens with one attached hydrogen (secondary N) is 1. The van der Waals surface area contributed by atoms with Crippen molar-refractivity contribution in [1.82, 2.24) is 4.72 Å². The fraction of sp³-hybridized carbons (Fsp3) is 0.333. The Morgan fingerprint density at radius 3 is 2.53 bits per heavy atom. The van der Waals surface area contributed by atoms with Gasteiger partial charge in [0.15, 0.2) is 0 Å². The van der Waals surface area contributed by atoms with Gasteiger partial charge in [0.1, 0.15) is 5.58 Å². The molecule has 0 aliphatic heterocycles. The van der Waals surface area contributed by atoms with E-state index in [1.807, 2.05) is 0 Å². The second-order valence-electron chi connectivity index (χ2n) is 4.98. The number of rotatable bonds is 2. The third-order valence-corrected chi connectivity index (χ3v) is 3.93. The van der Waals surface area contributed by atoms with Crippen molar-refractivity contribution in [3.05, 3.63) is 30.5 Å². The molecule has 0 bridgehead atoms. The molecule has 0 spiro atoms. The number of fused-ring (bicyclic) bond motifs is 1. The molecule has 0 amide bonds. The molecule has 1 aromatic carbocycles. The molecule has 0 unspecified atom stereocenters. The van der Waals surface area contributed by atoms with Gasteiger partial charge in [-0.1, -0.05) is 0 Å². The largest absolute Gasteiger partial charge is 0.464 e. The van der Waals surface area contributed by atoms with Crippen molar-refractivity contribution < 1.29 is 12.8 Å². The Balaban J connectivity index is 2.45. The van der Waals surface area contributed by atoms with E-state index in [0.717, 1.165) is 5.39 Å². The van der Waals surface area contributed by atoms with Gasteiger partial charge in [0.05, 0.1) is 11.2 Å². The molecule has 0 aliphatic carbocycles. The van der Waals surface area contributed by atoms with Crippen molar-refractivity contribution in [2.45, 2.75) is 31.2 Å². The predicted molar refractivity (Wildman–Crippen MR) is 66.3 cm³/mol. The van der Waals surface area contributed by atoms with Crippen molar-refractivity contribution in [1.29, 1.82) is 0 Å². The first kappa shape index (κ1) is 12.1. The van der Waals surface area contributed by atoms with E-state index < -0.39 is 15.6 Å². The summed E-state index contributed by atoms with van der Waals surface area (Å²) in [5.74, 6) is 0. The number of sulfonamides is 1. The summed E-state index contributed by atoms with van der Waals surface area (Å²) in [6, 6.07) is 6.63. The van der Waals surface area contributed by atoms with Gasteiger partial charge in [-0.25, -0.2) is 13.1 Å². The van der Waals surface area contributed by atoms with Crippen LogP contribution >= 0.6 is 0 Å². The van der Waals surface area contributed by atoms with Crippen molar-refractivity contribution in [2.24, 2.45) is 0 Å². The van der Waals surface area contributed by atoms with Crippen LogP contribution in [-0.2, 0) is 10.0 Å². The Bertz CT molecular complexity index is 635. The minimum Gasteiger partial charge on any atom is -0.464 e. The second-order valence-corrected chi connectivity index (χ2v) is 6.66. The number of hydrogen-bond donors (Lipinski definition) is 1. The molecule has 1 aromatic heterocycles. The van der Waals surface area contributed by atoms with Crippen LogP contribution in [0.15, 0.2) is 39.8 Å². The van der Waals surface area contributed by atoms with Gasteiger partial charge in [0.25, 0.3) is 0 Å². The van der Waals surface area contributed by atoms with Gasteiger partial charge >= 0.3 is 0 Å². The Hall–Kier alpha value is -1.33. The van der Waals surface area contributed by atoms with Crippen LogP contribution in [-0.4, -0.2) is 14.0 Å². The monoisotopic (exact) mass is 253 g/mol. The maximum Gasteiger partial charge on any atom is 0.241 e. The zero-order valence-corrected chi connectivity index (χ0v) is 10.8. The first-order valence-electron chi connectivity index (χ1n) is 5.29. The molecule has 0 aliphatic rings. The third kappa shape index (κ3) is 2.68. The molecule has 2 rings (SSSR count). The Labute approximate surface area is 101 Å². The highest BCUT2D eigenvalue weighted by Crippen LogP contribution is 2.20. The summed E-state index contributed by atoms with van der Waals surface area (Å²) in [6.45, 7) is 5.40. The van der Waals surface area contributed by atoms with Gasteiger partial charge in [0, 0.05) is 17.0 Å². The molecule has 0 atom stereocenters. The highest BCUT2D eigenvalue weighted by molar-refractivity contribution is 7.89. The normalized spacial score (nSPS) is 13.1. The van der Waals surface area contributed by atoms with Crippen molar-refractivity contribution in [2.75, 3.05) is 0 Å². The molecule has 2 aromatic rings. The van der Waals surface area contributed by atoms with Crippen molar-refractivity contribution in [3.8, 4) is 0 Å². The molecular formula is C12H15NO3S. The summed E-state index contributed by atoms with van der Waals surface area (Å²) in [7, 11) is -3.50. The lowest BCUT2D eigenvalue weighted by molar-refractivity contribution is 0.491. The maximum atomic E-state index is 12.1. The highest BCUT2D eigenvalue weighted by atomic mass is 32.2. The van der Waals surface area contributed by atoms with Crippen molar-refractivity contribution >= 4 is 21.0 Å². The average molecular weight is 253 g/mol. The number of benzene rings is 1. The Morgan fingerprint density at radius 2 is 1.88 bits per heavy atom. The van der Waals surface area contributed by atoms with E-state index in [0.29, 0.717) is 5.58 Å². The summed E-state index contributed by atoms with van der Waals surface area (Å²) in [5.41, 5.74) is 0.0681. The van der Waals surface area contributed by atoms with Gasteiger partial charge < -0.3 is 4.42 Å². The molecule has 17 heavy (non-hydrogen) atoms. The minimum atomic E-state index is -3.50. The minimum absolute atomic E-state index is 0.217. The van der Waals surface area contributed by atoms with E-state index in [2.05, 4.69) is 4.72 Å². The van der Waals surface area contributed by atoms with E-state index in [9.17, 15) is 8.42 Å². The Kier molecular flexibility index (Phi) is 2.75. The molecule has 1 N–H and O–H groups in total. The van der Waals surface area contributed by atoms with Gasteiger partial charge in [-0.3, -0.25) is 0 Å². The van der Waals surface area contributed by atoms with Crippen LogP contribution < -0.4 is 4.72 Å². The maximum absolute atomic E-state index is 12.1. The first-order chi connectivity index (χ1) is 7.78. The lowest BCUT2D eigenvalue weighted by atomic mass is 10.1. The molecular weight excluding hydrogens is 238 g/mol. The third-order valence-electron chi connectivity index (χ3n) is 2.18. The van der Waals surface area contributed by atoms with Crippen LogP contribution in [0, 0.1) is 0 Å². The van der Waals surface area contributed by atoms with Gasteiger partial charge in [-0.05, 0) is 39.0 Å². The fourth-order valence-electron chi connectivity index (χ4n) is 1.56. The highest BCUT2D eigenvalue weighted by Gasteiger charge is 2.22.